The fourth-order valence-electron chi connectivity index (χ4n) is 2.29. The Balaban J connectivity index is 1.98. The molecule has 0 saturated carbocycles. The molecule has 1 aromatic heterocycles. The number of hydrogen-bond donors (Lipinski definition) is 1. The van der Waals surface area contributed by atoms with Crippen molar-refractivity contribution in [2.75, 3.05) is 14.2 Å². The minimum absolute atomic E-state index is 0.0538. The van der Waals surface area contributed by atoms with Crippen LogP contribution in [0.15, 0.2) is 57.0 Å². The van der Waals surface area contributed by atoms with E-state index in [0.29, 0.717) is 28.2 Å². The molecule has 0 aliphatic rings. The first-order valence-electron chi connectivity index (χ1n) is 7.31. The number of benzene rings is 2. The maximum atomic E-state index is 11.6. The second-order valence-electron chi connectivity index (χ2n) is 4.95. The molecule has 128 valence electrons. The molecule has 0 fully saturated rings. The molecule has 25 heavy (non-hydrogen) atoms. The topological polar surface area (TPSA) is 81.8 Å². The van der Waals surface area contributed by atoms with Gasteiger partial charge in [-0.25, -0.2) is 9.78 Å². The van der Waals surface area contributed by atoms with Crippen molar-refractivity contribution >= 4 is 34.9 Å². The normalized spacial score (nSPS) is 11.5. The van der Waals surface area contributed by atoms with Crippen LogP contribution in [0.25, 0.3) is 17.2 Å². The highest BCUT2D eigenvalue weighted by molar-refractivity contribution is 8.03. The molecule has 0 spiro atoms. The minimum Gasteiger partial charge on any atom is -0.493 e. The summed E-state index contributed by atoms with van der Waals surface area (Å²) in [6, 6.07) is 12.5. The lowest BCUT2D eigenvalue weighted by molar-refractivity contribution is -0.131. The van der Waals surface area contributed by atoms with Crippen LogP contribution >= 0.6 is 11.8 Å². The van der Waals surface area contributed by atoms with E-state index in [1.54, 1.807) is 30.3 Å². The number of rotatable bonds is 6. The first-order valence-corrected chi connectivity index (χ1v) is 8.13. The highest BCUT2D eigenvalue weighted by Gasteiger charge is 2.17. The Bertz CT molecular complexity index is 915. The third kappa shape index (κ3) is 3.61. The zero-order valence-electron chi connectivity index (χ0n) is 13.6. The summed E-state index contributed by atoms with van der Waals surface area (Å²) >= 11 is 0.937. The molecule has 0 atom stereocenters. The summed E-state index contributed by atoms with van der Waals surface area (Å²) in [5, 5.41) is 9.79. The molecule has 0 bridgehead atoms. The van der Waals surface area contributed by atoms with Gasteiger partial charge in [-0.1, -0.05) is 24.3 Å². The van der Waals surface area contributed by atoms with Gasteiger partial charge in [0.15, 0.2) is 17.1 Å². The molecule has 6 nitrogen and oxygen atoms in total. The van der Waals surface area contributed by atoms with Gasteiger partial charge in [0.2, 0.25) is 0 Å². The predicted molar refractivity (Wildman–Crippen MR) is 95.0 cm³/mol. The number of oxazole rings is 1. The molecular weight excluding hydrogens is 342 g/mol. The van der Waals surface area contributed by atoms with Crippen LogP contribution in [-0.4, -0.2) is 30.3 Å². The zero-order valence-corrected chi connectivity index (χ0v) is 14.4. The Morgan fingerprint density at radius 1 is 1.16 bits per heavy atom. The van der Waals surface area contributed by atoms with E-state index in [2.05, 4.69) is 4.98 Å². The average Bonchev–Trinajstić information content (AvgIpc) is 3.03. The number of aromatic nitrogens is 1. The van der Waals surface area contributed by atoms with Crippen LogP contribution in [0.5, 0.6) is 11.5 Å². The first kappa shape index (κ1) is 16.9. The summed E-state index contributed by atoms with van der Waals surface area (Å²) < 4.78 is 16.2. The van der Waals surface area contributed by atoms with E-state index in [-0.39, 0.29) is 10.1 Å². The van der Waals surface area contributed by atoms with Crippen molar-refractivity contribution in [2.45, 2.75) is 5.22 Å². The van der Waals surface area contributed by atoms with Gasteiger partial charge in [-0.3, -0.25) is 0 Å². The van der Waals surface area contributed by atoms with Gasteiger partial charge in [0.1, 0.15) is 10.4 Å². The van der Waals surface area contributed by atoms with E-state index in [0.717, 1.165) is 11.8 Å². The Morgan fingerprint density at radius 2 is 1.96 bits per heavy atom. The van der Waals surface area contributed by atoms with Gasteiger partial charge in [0.05, 0.1) is 14.2 Å². The van der Waals surface area contributed by atoms with Gasteiger partial charge in [-0.2, -0.15) is 0 Å². The van der Waals surface area contributed by atoms with Crippen LogP contribution in [0.3, 0.4) is 0 Å². The van der Waals surface area contributed by atoms with Crippen LogP contribution < -0.4 is 9.47 Å². The van der Waals surface area contributed by atoms with Gasteiger partial charge < -0.3 is 19.0 Å². The largest absolute Gasteiger partial charge is 0.493 e. The lowest BCUT2D eigenvalue weighted by atomic mass is 10.1. The monoisotopic (exact) mass is 357 g/mol. The smallest absolute Gasteiger partial charge is 0.342 e. The van der Waals surface area contributed by atoms with E-state index in [9.17, 15) is 9.90 Å². The quantitative estimate of drug-likeness (QED) is 0.526. The summed E-state index contributed by atoms with van der Waals surface area (Å²) in [6.45, 7) is 0. The molecule has 3 rings (SSSR count). The standard InChI is InChI=1S/C18H15NO5S/c1-22-14-9-5-6-11(16(14)23-2)10-15(17(20)21)25-18-19-12-7-3-4-8-13(12)24-18/h3-10H,1-2H3,(H,20,21)/b15-10-. The molecule has 0 amide bonds. The van der Waals surface area contributed by atoms with Gasteiger partial charge in [0.25, 0.3) is 5.22 Å². The van der Waals surface area contributed by atoms with E-state index < -0.39 is 5.97 Å². The van der Waals surface area contributed by atoms with Crippen molar-refractivity contribution < 1.29 is 23.8 Å². The second-order valence-corrected chi connectivity index (χ2v) is 5.94. The van der Waals surface area contributed by atoms with Gasteiger partial charge in [0, 0.05) is 5.56 Å². The van der Waals surface area contributed by atoms with Crippen molar-refractivity contribution in [3.05, 3.63) is 52.9 Å². The maximum absolute atomic E-state index is 11.6. The van der Waals surface area contributed by atoms with Crippen molar-refractivity contribution in [3.63, 3.8) is 0 Å². The number of ether oxygens (including phenoxy) is 2. The molecule has 2 aromatic carbocycles. The average molecular weight is 357 g/mol. The maximum Gasteiger partial charge on any atom is 0.342 e. The Labute approximate surface area is 148 Å². The molecule has 1 heterocycles. The van der Waals surface area contributed by atoms with Gasteiger partial charge in [-0.15, -0.1) is 0 Å². The third-order valence-corrected chi connectivity index (χ3v) is 4.26. The number of nitrogens with zero attached hydrogens (tertiary/aromatic N) is 1. The molecule has 0 saturated heterocycles. The molecular formula is C18H15NO5S. The Hall–Kier alpha value is -2.93. The van der Waals surface area contributed by atoms with E-state index in [1.165, 1.54) is 20.3 Å². The zero-order chi connectivity index (χ0) is 17.8. The van der Waals surface area contributed by atoms with Crippen molar-refractivity contribution in [3.8, 4) is 11.5 Å². The molecule has 0 aliphatic heterocycles. The number of para-hydroxylation sites is 3. The van der Waals surface area contributed by atoms with E-state index in [1.807, 2.05) is 12.1 Å². The number of carbonyl (C=O) groups is 1. The number of fused-ring (bicyclic) bond motifs is 1. The fourth-order valence-corrected chi connectivity index (χ4v) is 3.03. The Kier molecular flexibility index (Phi) is 4.95. The minimum atomic E-state index is -1.09. The van der Waals surface area contributed by atoms with E-state index >= 15 is 0 Å². The van der Waals surface area contributed by atoms with Crippen LogP contribution in [0, 0.1) is 0 Å². The van der Waals surface area contributed by atoms with Gasteiger partial charge in [-0.05, 0) is 36.0 Å². The number of carboxylic acids is 1. The highest BCUT2D eigenvalue weighted by atomic mass is 32.2. The highest BCUT2D eigenvalue weighted by Crippen LogP contribution is 2.35. The SMILES string of the molecule is COc1cccc(/C=C(\Sc2nc3ccccc3o2)C(=O)O)c1OC. The summed E-state index contributed by atoms with van der Waals surface area (Å²) in [4.78, 5) is 16.0. The van der Waals surface area contributed by atoms with Crippen LogP contribution in [-0.2, 0) is 4.79 Å². The van der Waals surface area contributed by atoms with Crippen molar-refractivity contribution in [1.82, 2.24) is 4.98 Å². The van der Waals surface area contributed by atoms with Gasteiger partial charge >= 0.3 is 5.97 Å². The number of hydrogen-bond acceptors (Lipinski definition) is 6. The second kappa shape index (κ2) is 7.31. The molecule has 0 aliphatic carbocycles. The first-order chi connectivity index (χ1) is 12.1. The third-order valence-electron chi connectivity index (χ3n) is 3.40. The lowest BCUT2D eigenvalue weighted by Crippen LogP contribution is -1.98. The Morgan fingerprint density at radius 3 is 2.64 bits per heavy atom. The van der Waals surface area contributed by atoms with E-state index in [4.69, 9.17) is 13.9 Å². The summed E-state index contributed by atoms with van der Waals surface area (Å²) in [7, 11) is 3.03. The van der Waals surface area contributed by atoms with Crippen molar-refractivity contribution in [2.24, 2.45) is 0 Å². The van der Waals surface area contributed by atoms with Crippen LogP contribution in [0.1, 0.15) is 5.56 Å². The summed E-state index contributed by atoms with van der Waals surface area (Å²) in [6.07, 6.45) is 1.50. The number of thioether (sulfide) groups is 1. The summed E-state index contributed by atoms with van der Waals surface area (Å²) in [5.41, 5.74) is 1.87. The number of carboxylic acid groups (broad SMARTS) is 1. The number of aliphatic carboxylic acids is 1. The lowest BCUT2D eigenvalue weighted by Gasteiger charge is -2.10. The van der Waals surface area contributed by atoms with Crippen LogP contribution in [0.2, 0.25) is 0 Å². The van der Waals surface area contributed by atoms with Crippen LogP contribution in [0.4, 0.5) is 0 Å². The number of methoxy groups -OCH3 is 2. The summed E-state index contributed by atoms with van der Waals surface area (Å²) in [5.74, 6) is -0.105. The predicted octanol–water partition coefficient (Wildman–Crippen LogP) is 4.06. The fraction of sp³-hybridized carbons (Fsp3) is 0.111. The molecule has 0 unspecified atom stereocenters. The molecule has 3 aromatic rings. The molecule has 1 N–H and O–H groups in total. The van der Waals surface area contributed by atoms with Crippen molar-refractivity contribution in [1.29, 1.82) is 0 Å². The molecule has 7 heteroatoms. The molecule has 0 radical (unpaired) electrons.